The van der Waals surface area contributed by atoms with Crippen molar-refractivity contribution in [3.8, 4) is 11.5 Å². The van der Waals surface area contributed by atoms with Crippen molar-refractivity contribution in [2.24, 2.45) is 0 Å². The maximum absolute atomic E-state index is 12.9. The smallest absolute Gasteiger partial charge is 0.265 e. The molecule has 1 aliphatic heterocycles. The van der Waals surface area contributed by atoms with E-state index in [1.807, 2.05) is 24.3 Å². The number of methoxy groups -OCH3 is 1. The molecule has 0 fully saturated rings. The van der Waals surface area contributed by atoms with E-state index in [4.69, 9.17) is 21.1 Å². The van der Waals surface area contributed by atoms with E-state index < -0.39 is 16.1 Å². The van der Waals surface area contributed by atoms with Crippen molar-refractivity contribution < 1.29 is 22.7 Å². The number of fused-ring (bicyclic) bond motifs is 1. The first-order valence-corrected chi connectivity index (χ1v) is 10.7. The molecule has 1 amide bonds. The Labute approximate surface area is 169 Å². The summed E-state index contributed by atoms with van der Waals surface area (Å²) in [7, 11) is -0.367. The Kier molecular flexibility index (Phi) is 5.71. The molecule has 0 bridgehead atoms. The number of nitrogens with zero attached hydrogens (tertiary/aromatic N) is 2. The molecule has 0 N–H and O–H groups in total. The van der Waals surface area contributed by atoms with Crippen LogP contribution in [0.1, 0.15) is 5.56 Å². The zero-order valence-corrected chi connectivity index (χ0v) is 17.3. The Morgan fingerprint density at radius 3 is 2.57 bits per heavy atom. The fraction of sp³-hybridized carbons (Fsp3) is 0.316. The Hall–Kier alpha value is -2.45. The van der Waals surface area contributed by atoms with Crippen molar-refractivity contribution in [1.29, 1.82) is 0 Å². The normalized spacial score (nSPS) is 16.1. The van der Waals surface area contributed by atoms with E-state index in [0.717, 1.165) is 21.9 Å². The predicted molar refractivity (Wildman–Crippen MR) is 108 cm³/mol. The molecule has 28 heavy (non-hydrogen) atoms. The van der Waals surface area contributed by atoms with Crippen LogP contribution in [0, 0.1) is 0 Å². The number of anilines is 1. The third-order valence-electron chi connectivity index (χ3n) is 4.42. The summed E-state index contributed by atoms with van der Waals surface area (Å²) in [5.74, 6) is 0.717. The molecule has 3 rings (SSSR count). The standard InChI is InChI=1S/C19H21ClN2O5S/c1-21(11-13-4-7-15(26-2)8-5-13)19(23)18-12-22(28(3,24)25)16-10-14(20)6-9-17(16)27-18/h4-10,18H,11-12H2,1-3H3/t18-/m0/s1. The highest BCUT2D eigenvalue weighted by molar-refractivity contribution is 7.92. The molecular formula is C19H21ClN2O5S. The summed E-state index contributed by atoms with van der Waals surface area (Å²) in [5, 5.41) is 0.386. The first kappa shape index (κ1) is 20.3. The molecule has 0 saturated carbocycles. The number of halogens is 1. The molecule has 2 aromatic rings. The Morgan fingerprint density at radius 1 is 1.29 bits per heavy atom. The van der Waals surface area contributed by atoms with Gasteiger partial charge < -0.3 is 14.4 Å². The lowest BCUT2D eigenvalue weighted by Crippen LogP contribution is -2.50. The fourth-order valence-corrected chi connectivity index (χ4v) is 4.07. The van der Waals surface area contributed by atoms with Crippen LogP contribution in [0.2, 0.25) is 5.02 Å². The third-order valence-corrected chi connectivity index (χ3v) is 5.80. The second kappa shape index (κ2) is 7.89. The van der Waals surface area contributed by atoms with E-state index in [1.54, 1.807) is 26.3 Å². The van der Waals surface area contributed by atoms with Gasteiger partial charge in [0, 0.05) is 18.6 Å². The van der Waals surface area contributed by atoms with Crippen LogP contribution in [0.25, 0.3) is 0 Å². The van der Waals surface area contributed by atoms with Crippen LogP contribution in [0.4, 0.5) is 5.69 Å². The largest absolute Gasteiger partial charge is 0.497 e. The Bertz CT molecular complexity index is 978. The highest BCUT2D eigenvalue weighted by Gasteiger charge is 2.36. The minimum absolute atomic E-state index is 0.113. The van der Waals surface area contributed by atoms with Crippen LogP contribution < -0.4 is 13.8 Å². The van der Waals surface area contributed by atoms with Crippen molar-refractivity contribution in [3.05, 3.63) is 53.1 Å². The highest BCUT2D eigenvalue weighted by Crippen LogP contribution is 2.37. The first-order chi connectivity index (χ1) is 13.2. The van der Waals surface area contributed by atoms with Gasteiger partial charge in [-0.2, -0.15) is 0 Å². The van der Waals surface area contributed by atoms with Gasteiger partial charge in [-0.1, -0.05) is 23.7 Å². The number of ether oxygens (including phenoxy) is 2. The van der Waals surface area contributed by atoms with E-state index in [-0.39, 0.29) is 12.5 Å². The number of sulfonamides is 1. The third kappa shape index (κ3) is 4.34. The van der Waals surface area contributed by atoms with Gasteiger partial charge in [0.1, 0.15) is 11.5 Å². The van der Waals surface area contributed by atoms with Crippen molar-refractivity contribution in [2.45, 2.75) is 12.6 Å². The maximum atomic E-state index is 12.9. The van der Waals surface area contributed by atoms with Gasteiger partial charge in [0.15, 0.2) is 6.10 Å². The average molecular weight is 425 g/mol. The number of rotatable bonds is 5. The van der Waals surface area contributed by atoms with Crippen molar-refractivity contribution >= 4 is 33.2 Å². The van der Waals surface area contributed by atoms with Crippen LogP contribution in [0.15, 0.2) is 42.5 Å². The maximum Gasteiger partial charge on any atom is 0.265 e. The second-order valence-electron chi connectivity index (χ2n) is 6.56. The molecule has 9 heteroatoms. The van der Waals surface area contributed by atoms with Crippen molar-refractivity contribution in [2.75, 3.05) is 31.3 Å². The molecule has 1 aliphatic rings. The minimum atomic E-state index is -3.60. The lowest BCUT2D eigenvalue weighted by atomic mass is 10.1. The topological polar surface area (TPSA) is 76.2 Å². The molecule has 150 valence electrons. The van der Waals surface area contributed by atoms with Gasteiger partial charge >= 0.3 is 0 Å². The number of carbonyl (C=O) groups is 1. The molecule has 0 aliphatic carbocycles. The summed E-state index contributed by atoms with van der Waals surface area (Å²) in [5.41, 5.74) is 1.25. The molecule has 7 nitrogen and oxygen atoms in total. The van der Waals surface area contributed by atoms with Gasteiger partial charge in [-0.25, -0.2) is 8.42 Å². The summed E-state index contributed by atoms with van der Waals surface area (Å²) in [4.78, 5) is 14.4. The van der Waals surface area contributed by atoms with Crippen LogP contribution in [0.5, 0.6) is 11.5 Å². The Balaban J connectivity index is 1.80. The van der Waals surface area contributed by atoms with E-state index in [0.29, 0.717) is 23.0 Å². The number of benzene rings is 2. The van der Waals surface area contributed by atoms with Crippen LogP contribution in [-0.4, -0.2) is 52.3 Å². The van der Waals surface area contributed by atoms with E-state index in [2.05, 4.69) is 0 Å². The number of hydrogen-bond acceptors (Lipinski definition) is 5. The monoisotopic (exact) mass is 424 g/mol. The summed E-state index contributed by atoms with van der Waals surface area (Å²) < 4.78 is 36.6. The number of amides is 1. The molecule has 1 heterocycles. The quantitative estimate of drug-likeness (QED) is 0.737. The van der Waals surface area contributed by atoms with Gasteiger partial charge in [0.25, 0.3) is 5.91 Å². The van der Waals surface area contributed by atoms with Crippen molar-refractivity contribution in [1.82, 2.24) is 4.90 Å². The Morgan fingerprint density at radius 2 is 1.96 bits per heavy atom. The van der Waals surface area contributed by atoms with Crippen LogP contribution >= 0.6 is 11.6 Å². The molecular weight excluding hydrogens is 404 g/mol. The van der Waals surface area contributed by atoms with Crippen LogP contribution in [0.3, 0.4) is 0 Å². The second-order valence-corrected chi connectivity index (χ2v) is 8.90. The molecule has 0 unspecified atom stereocenters. The lowest BCUT2D eigenvalue weighted by molar-refractivity contribution is -0.137. The summed E-state index contributed by atoms with van der Waals surface area (Å²) >= 11 is 5.99. The summed E-state index contributed by atoms with van der Waals surface area (Å²) in [6, 6.07) is 12.0. The SMILES string of the molecule is COc1ccc(CN(C)C(=O)[C@@H]2CN(S(C)(=O)=O)c3cc(Cl)ccc3O2)cc1. The molecule has 0 radical (unpaired) electrons. The molecule has 0 aromatic heterocycles. The van der Waals surface area contributed by atoms with E-state index >= 15 is 0 Å². The van der Waals surface area contributed by atoms with Crippen LogP contribution in [-0.2, 0) is 21.4 Å². The van der Waals surface area contributed by atoms with Gasteiger partial charge in [0.2, 0.25) is 10.0 Å². The van der Waals surface area contributed by atoms with E-state index in [1.165, 1.54) is 11.0 Å². The molecule has 1 atom stereocenters. The molecule has 2 aromatic carbocycles. The highest BCUT2D eigenvalue weighted by atomic mass is 35.5. The van der Waals surface area contributed by atoms with Gasteiger partial charge in [-0.15, -0.1) is 0 Å². The van der Waals surface area contributed by atoms with Gasteiger partial charge in [0.05, 0.1) is 25.6 Å². The number of carbonyl (C=O) groups excluding carboxylic acids is 1. The molecule has 0 saturated heterocycles. The van der Waals surface area contributed by atoms with E-state index in [9.17, 15) is 13.2 Å². The fourth-order valence-electron chi connectivity index (χ4n) is 3.00. The minimum Gasteiger partial charge on any atom is -0.497 e. The first-order valence-electron chi connectivity index (χ1n) is 8.51. The number of hydrogen-bond donors (Lipinski definition) is 0. The van der Waals surface area contributed by atoms with Gasteiger partial charge in [-0.05, 0) is 35.9 Å². The summed E-state index contributed by atoms with van der Waals surface area (Å²) in [6.45, 7) is 0.243. The van der Waals surface area contributed by atoms with Gasteiger partial charge in [-0.3, -0.25) is 9.10 Å². The lowest BCUT2D eigenvalue weighted by Gasteiger charge is -2.35. The number of likely N-dealkylation sites (N-methyl/N-ethyl adjacent to an activating group) is 1. The molecule has 0 spiro atoms. The predicted octanol–water partition coefficient (Wildman–Crippen LogP) is 2.53. The summed E-state index contributed by atoms with van der Waals surface area (Å²) in [6.07, 6.45) is 0.137. The zero-order chi connectivity index (χ0) is 20.5. The zero-order valence-electron chi connectivity index (χ0n) is 15.8. The average Bonchev–Trinajstić information content (AvgIpc) is 2.66. The van der Waals surface area contributed by atoms with Crippen molar-refractivity contribution in [3.63, 3.8) is 0 Å².